The van der Waals surface area contributed by atoms with Crippen LogP contribution >= 0.6 is 0 Å². The van der Waals surface area contributed by atoms with Gasteiger partial charge in [-0.25, -0.2) is 4.79 Å². The van der Waals surface area contributed by atoms with Crippen molar-refractivity contribution in [1.29, 1.82) is 0 Å². The van der Waals surface area contributed by atoms with Crippen molar-refractivity contribution < 1.29 is 19.0 Å². The minimum Gasteiger partial charge on any atom is -0.494 e. The van der Waals surface area contributed by atoms with E-state index in [9.17, 15) is 4.79 Å². The molecule has 5 rings (SSSR count). The number of benzene rings is 4. The van der Waals surface area contributed by atoms with Gasteiger partial charge < -0.3 is 14.2 Å². The molecule has 5 heteroatoms. The summed E-state index contributed by atoms with van der Waals surface area (Å²) in [5, 5.41) is 0. The molecule has 5 nitrogen and oxygen atoms in total. The highest BCUT2D eigenvalue weighted by molar-refractivity contribution is 5.88. The van der Waals surface area contributed by atoms with Crippen molar-refractivity contribution in [2.24, 2.45) is 0 Å². The molecule has 4 aromatic carbocycles. The minimum absolute atomic E-state index is 0.171. The first-order valence-corrected chi connectivity index (χ1v) is 13.8. The molecule has 0 aliphatic carbocycles. The summed E-state index contributed by atoms with van der Waals surface area (Å²) in [4.78, 5) is 15.1. The molecule has 1 amide bonds. The van der Waals surface area contributed by atoms with Gasteiger partial charge in [-0.15, -0.1) is 0 Å². The van der Waals surface area contributed by atoms with Crippen molar-refractivity contribution in [2.45, 2.75) is 45.4 Å². The summed E-state index contributed by atoms with van der Waals surface area (Å²) in [7, 11) is 0. The number of rotatable bonds is 10. The van der Waals surface area contributed by atoms with Crippen LogP contribution in [0.1, 0.15) is 42.5 Å². The molecule has 1 heterocycles. The van der Waals surface area contributed by atoms with Gasteiger partial charge in [0.15, 0.2) is 0 Å². The summed E-state index contributed by atoms with van der Waals surface area (Å²) in [5.74, 6) is 1.60. The Balaban J connectivity index is 1.31. The van der Waals surface area contributed by atoms with Crippen molar-refractivity contribution in [3.63, 3.8) is 0 Å². The quantitative estimate of drug-likeness (QED) is 0.206. The van der Waals surface area contributed by atoms with Gasteiger partial charge in [-0.1, -0.05) is 78.9 Å². The molecule has 40 heavy (non-hydrogen) atoms. The second-order valence-electron chi connectivity index (χ2n) is 10.2. The third kappa shape index (κ3) is 6.92. The Bertz CT molecular complexity index is 1430. The standard InChI is InChI=1S/C35H35NO4/c1-3-38-32-17-14-29(15-18-32)26-39-34(37)36(25-28-12-8-5-9-13-28)31-16-19-33-30(24-31)21-23-35(2,40-33)22-20-27-10-6-4-7-11-27/h4-19,21,23-24H,3,20,22,25-26H2,1-2H3. The number of fused-ring (bicyclic) bond motifs is 1. The Morgan fingerprint density at radius 3 is 2.25 bits per heavy atom. The average molecular weight is 534 g/mol. The summed E-state index contributed by atoms with van der Waals surface area (Å²) in [6.45, 7) is 5.23. The van der Waals surface area contributed by atoms with E-state index in [1.165, 1.54) is 5.56 Å². The number of amides is 1. The van der Waals surface area contributed by atoms with Crippen LogP contribution in [0, 0.1) is 0 Å². The molecule has 4 aromatic rings. The number of hydrogen-bond acceptors (Lipinski definition) is 4. The van der Waals surface area contributed by atoms with Gasteiger partial charge in [-0.3, -0.25) is 4.90 Å². The molecular weight excluding hydrogens is 498 g/mol. The second kappa shape index (κ2) is 12.6. The van der Waals surface area contributed by atoms with E-state index in [0.717, 1.165) is 46.7 Å². The van der Waals surface area contributed by atoms with Crippen LogP contribution in [0.25, 0.3) is 6.08 Å². The van der Waals surface area contributed by atoms with Crippen molar-refractivity contribution >= 4 is 17.9 Å². The molecule has 0 spiro atoms. The zero-order valence-electron chi connectivity index (χ0n) is 23.1. The second-order valence-corrected chi connectivity index (χ2v) is 10.2. The summed E-state index contributed by atoms with van der Waals surface area (Å²) in [6, 6.07) is 33.8. The predicted molar refractivity (Wildman–Crippen MR) is 160 cm³/mol. The largest absolute Gasteiger partial charge is 0.494 e. The third-order valence-electron chi connectivity index (χ3n) is 7.02. The molecule has 0 saturated carbocycles. The van der Waals surface area contributed by atoms with Crippen LogP contribution in [0.3, 0.4) is 0 Å². The summed E-state index contributed by atoms with van der Waals surface area (Å²) >= 11 is 0. The topological polar surface area (TPSA) is 48.0 Å². The monoisotopic (exact) mass is 533 g/mol. The molecule has 204 valence electrons. The summed E-state index contributed by atoms with van der Waals surface area (Å²) < 4.78 is 17.7. The Morgan fingerprint density at radius 1 is 0.850 bits per heavy atom. The van der Waals surface area contributed by atoms with Crippen molar-refractivity contribution in [2.75, 3.05) is 11.5 Å². The van der Waals surface area contributed by atoms with Gasteiger partial charge in [0.2, 0.25) is 0 Å². The Morgan fingerprint density at radius 2 is 1.55 bits per heavy atom. The van der Waals surface area contributed by atoms with Crippen molar-refractivity contribution in [3.05, 3.63) is 131 Å². The van der Waals surface area contributed by atoms with Gasteiger partial charge in [0.1, 0.15) is 23.7 Å². The lowest BCUT2D eigenvalue weighted by atomic mass is 9.93. The van der Waals surface area contributed by atoms with Gasteiger partial charge in [0, 0.05) is 11.3 Å². The minimum atomic E-state index is -0.411. The Labute approximate surface area is 236 Å². The first kappa shape index (κ1) is 27.1. The van der Waals surface area contributed by atoms with E-state index in [4.69, 9.17) is 14.2 Å². The van der Waals surface area contributed by atoms with Crippen LogP contribution in [0.4, 0.5) is 10.5 Å². The molecule has 1 atom stereocenters. The Kier molecular flexibility index (Phi) is 8.50. The number of ether oxygens (including phenoxy) is 3. The highest BCUT2D eigenvalue weighted by Crippen LogP contribution is 2.36. The van der Waals surface area contributed by atoms with Crippen molar-refractivity contribution in [3.8, 4) is 11.5 Å². The van der Waals surface area contributed by atoms with Crippen LogP contribution in [-0.2, 0) is 24.3 Å². The number of nitrogens with zero attached hydrogens (tertiary/aromatic N) is 1. The van der Waals surface area contributed by atoms with E-state index in [-0.39, 0.29) is 6.61 Å². The van der Waals surface area contributed by atoms with Gasteiger partial charge in [-0.2, -0.15) is 0 Å². The number of aryl methyl sites for hydroxylation is 1. The Hall–Kier alpha value is -4.51. The van der Waals surface area contributed by atoms with Crippen LogP contribution in [0.15, 0.2) is 109 Å². The maximum Gasteiger partial charge on any atom is 0.414 e. The number of anilines is 1. The van der Waals surface area contributed by atoms with Gasteiger partial charge in [-0.05, 0) is 79.8 Å². The average Bonchev–Trinajstić information content (AvgIpc) is 2.99. The van der Waals surface area contributed by atoms with Gasteiger partial charge in [0.25, 0.3) is 0 Å². The van der Waals surface area contributed by atoms with Crippen LogP contribution in [0.2, 0.25) is 0 Å². The smallest absolute Gasteiger partial charge is 0.414 e. The normalized spacial score (nSPS) is 15.6. The first-order valence-electron chi connectivity index (χ1n) is 13.8. The first-order chi connectivity index (χ1) is 19.5. The predicted octanol–water partition coefficient (Wildman–Crippen LogP) is 8.23. The van der Waals surface area contributed by atoms with Gasteiger partial charge in [0.05, 0.1) is 13.2 Å². The molecule has 1 unspecified atom stereocenters. The number of carbonyl (C=O) groups is 1. The fraction of sp³-hybridized carbons (Fsp3) is 0.229. The molecule has 0 aromatic heterocycles. The van der Waals surface area contributed by atoms with E-state index < -0.39 is 11.7 Å². The fourth-order valence-corrected chi connectivity index (χ4v) is 4.75. The zero-order chi connectivity index (χ0) is 27.8. The van der Waals surface area contributed by atoms with E-state index in [1.807, 2.05) is 85.8 Å². The van der Waals surface area contributed by atoms with E-state index in [1.54, 1.807) is 4.90 Å². The molecule has 0 radical (unpaired) electrons. The van der Waals surface area contributed by atoms with Crippen LogP contribution in [0.5, 0.6) is 11.5 Å². The maximum atomic E-state index is 13.4. The number of hydrogen-bond donors (Lipinski definition) is 0. The van der Waals surface area contributed by atoms with Crippen LogP contribution < -0.4 is 14.4 Å². The number of carbonyl (C=O) groups excluding carboxylic acids is 1. The third-order valence-corrected chi connectivity index (χ3v) is 7.02. The zero-order valence-corrected chi connectivity index (χ0v) is 23.1. The van der Waals surface area contributed by atoms with Crippen LogP contribution in [-0.4, -0.2) is 18.3 Å². The lowest BCUT2D eigenvalue weighted by molar-refractivity contribution is 0.128. The van der Waals surface area contributed by atoms with E-state index in [0.29, 0.717) is 13.2 Å². The van der Waals surface area contributed by atoms with Crippen molar-refractivity contribution in [1.82, 2.24) is 0 Å². The molecule has 0 bridgehead atoms. The highest BCUT2D eigenvalue weighted by Gasteiger charge is 2.28. The van der Waals surface area contributed by atoms with E-state index >= 15 is 0 Å². The molecule has 1 aliphatic heterocycles. The fourth-order valence-electron chi connectivity index (χ4n) is 4.75. The van der Waals surface area contributed by atoms with Gasteiger partial charge >= 0.3 is 6.09 Å². The van der Waals surface area contributed by atoms with E-state index in [2.05, 4.69) is 43.3 Å². The molecular formula is C35H35NO4. The maximum absolute atomic E-state index is 13.4. The highest BCUT2D eigenvalue weighted by atomic mass is 16.6. The molecule has 0 N–H and O–H groups in total. The molecule has 0 saturated heterocycles. The summed E-state index contributed by atoms with van der Waals surface area (Å²) in [6.07, 6.45) is 5.60. The summed E-state index contributed by atoms with van der Waals surface area (Å²) in [5.41, 5.74) is 4.49. The molecule has 0 fully saturated rings. The molecule has 1 aliphatic rings. The lowest BCUT2D eigenvalue weighted by Gasteiger charge is -2.32. The lowest BCUT2D eigenvalue weighted by Crippen LogP contribution is -2.33. The SMILES string of the molecule is CCOc1ccc(COC(=O)N(Cc2ccccc2)c2ccc3c(c2)C=CC(C)(CCc2ccccc2)O3)cc1.